The number of benzene rings is 2. The molecule has 24 heavy (non-hydrogen) atoms. The van der Waals surface area contributed by atoms with E-state index in [1.807, 2.05) is 0 Å². The Labute approximate surface area is 140 Å². The molecule has 0 aliphatic carbocycles. The number of hydrogen-bond acceptors (Lipinski definition) is 3. The van der Waals surface area contributed by atoms with Crippen molar-refractivity contribution in [1.82, 2.24) is 0 Å². The molecule has 0 aliphatic rings. The summed E-state index contributed by atoms with van der Waals surface area (Å²) in [4.78, 5) is 11.1. The van der Waals surface area contributed by atoms with Crippen molar-refractivity contribution in [3.8, 4) is 0 Å². The van der Waals surface area contributed by atoms with Crippen LogP contribution >= 0.6 is 0 Å². The second kappa shape index (κ2) is 6.24. The van der Waals surface area contributed by atoms with Crippen LogP contribution < -0.4 is 4.72 Å². The smallest absolute Gasteiger partial charge is 0.313 e. The van der Waals surface area contributed by atoms with Crippen molar-refractivity contribution in [2.75, 3.05) is 4.72 Å². The van der Waals surface area contributed by atoms with Gasteiger partial charge in [0.05, 0.1) is 10.3 Å². The number of nitrogens with one attached hydrogen (secondary N) is 1. The number of aryl methyl sites for hydroxylation is 1. The molecule has 0 radical (unpaired) electrons. The van der Waals surface area contributed by atoms with Gasteiger partial charge in [-0.15, -0.1) is 0 Å². The van der Waals surface area contributed by atoms with Crippen LogP contribution in [0.5, 0.6) is 0 Å². The standard InChI is InChI=1S/C17H18FNO4S/c1-11-4-7-13(18)10-15(11)24(22,23)19-14-8-5-12(6-9-14)17(2,3)16(20)21/h4-10,19H,1-3H3,(H,20,21). The van der Waals surface area contributed by atoms with E-state index in [2.05, 4.69) is 4.72 Å². The van der Waals surface area contributed by atoms with Crippen LogP contribution in [0.4, 0.5) is 10.1 Å². The number of carboxylic acids is 1. The van der Waals surface area contributed by atoms with Crippen LogP contribution in [0.1, 0.15) is 25.0 Å². The van der Waals surface area contributed by atoms with Crippen LogP contribution in [0, 0.1) is 12.7 Å². The van der Waals surface area contributed by atoms with Crippen LogP contribution in [-0.4, -0.2) is 19.5 Å². The number of halogens is 1. The van der Waals surface area contributed by atoms with Crippen molar-refractivity contribution in [2.45, 2.75) is 31.1 Å². The monoisotopic (exact) mass is 351 g/mol. The first-order valence-corrected chi connectivity index (χ1v) is 8.65. The maximum atomic E-state index is 13.3. The molecular formula is C17H18FNO4S. The lowest BCUT2D eigenvalue weighted by molar-refractivity contribution is -0.142. The van der Waals surface area contributed by atoms with Gasteiger partial charge in [0.25, 0.3) is 10.0 Å². The molecule has 2 aromatic rings. The number of aliphatic carboxylic acids is 1. The van der Waals surface area contributed by atoms with Gasteiger partial charge in [0.15, 0.2) is 0 Å². The van der Waals surface area contributed by atoms with E-state index >= 15 is 0 Å². The van der Waals surface area contributed by atoms with Gasteiger partial charge in [-0.3, -0.25) is 9.52 Å². The molecular weight excluding hydrogens is 333 g/mol. The highest BCUT2D eigenvalue weighted by atomic mass is 32.2. The largest absolute Gasteiger partial charge is 0.481 e. The summed E-state index contributed by atoms with van der Waals surface area (Å²) < 4.78 is 40.5. The molecule has 128 valence electrons. The van der Waals surface area contributed by atoms with E-state index in [1.54, 1.807) is 32.9 Å². The first-order valence-electron chi connectivity index (χ1n) is 7.17. The van der Waals surface area contributed by atoms with Gasteiger partial charge in [-0.2, -0.15) is 0 Å². The zero-order valence-electron chi connectivity index (χ0n) is 13.5. The molecule has 0 aliphatic heterocycles. The molecule has 0 heterocycles. The normalized spacial score (nSPS) is 12.0. The third kappa shape index (κ3) is 3.56. The van der Waals surface area contributed by atoms with E-state index in [9.17, 15) is 22.7 Å². The maximum absolute atomic E-state index is 13.3. The number of carboxylic acid groups (broad SMARTS) is 1. The molecule has 0 saturated carbocycles. The Hall–Kier alpha value is -2.41. The lowest BCUT2D eigenvalue weighted by atomic mass is 9.85. The third-order valence-electron chi connectivity index (χ3n) is 3.83. The minimum absolute atomic E-state index is 0.141. The second-order valence-corrected chi connectivity index (χ2v) is 7.67. The molecule has 5 nitrogen and oxygen atoms in total. The topological polar surface area (TPSA) is 83.5 Å². The van der Waals surface area contributed by atoms with E-state index in [-0.39, 0.29) is 10.6 Å². The average molecular weight is 351 g/mol. The third-order valence-corrected chi connectivity index (χ3v) is 5.36. The first kappa shape index (κ1) is 17.9. The lowest BCUT2D eigenvalue weighted by Gasteiger charge is -2.20. The fourth-order valence-electron chi connectivity index (χ4n) is 2.15. The van der Waals surface area contributed by atoms with Crippen molar-refractivity contribution >= 4 is 21.7 Å². The van der Waals surface area contributed by atoms with Gasteiger partial charge in [-0.25, -0.2) is 12.8 Å². The number of rotatable bonds is 5. The number of hydrogen-bond donors (Lipinski definition) is 2. The molecule has 0 spiro atoms. The number of carbonyl (C=O) groups is 1. The molecule has 2 N–H and O–H groups in total. The molecule has 0 fully saturated rings. The number of sulfonamides is 1. The van der Waals surface area contributed by atoms with Crippen LogP contribution in [0.15, 0.2) is 47.4 Å². The van der Waals surface area contributed by atoms with E-state index in [0.717, 1.165) is 6.07 Å². The Balaban J connectivity index is 2.31. The van der Waals surface area contributed by atoms with Crippen molar-refractivity contribution in [3.05, 3.63) is 59.4 Å². The fourth-order valence-corrected chi connectivity index (χ4v) is 3.47. The van der Waals surface area contributed by atoms with Gasteiger partial charge in [0.2, 0.25) is 0 Å². The zero-order valence-corrected chi connectivity index (χ0v) is 14.3. The molecule has 0 bridgehead atoms. The Morgan fingerprint density at radius 1 is 1.12 bits per heavy atom. The number of anilines is 1. The van der Waals surface area contributed by atoms with Crippen LogP contribution in [0.3, 0.4) is 0 Å². The highest BCUT2D eigenvalue weighted by Crippen LogP contribution is 2.26. The SMILES string of the molecule is Cc1ccc(F)cc1S(=O)(=O)Nc1ccc(C(C)(C)C(=O)O)cc1. The van der Waals surface area contributed by atoms with Crippen LogP contribution in [-0.2, 0) is 20.2 Å². The summed E-state index contributed by atoms with van der Waals surface area (Å²) in [5, 5.41) is 9.21. The Morgan fingerprint density at radius 2 is 1.71 bits per heavy atom. The second-order valence-electron chi connectivity index (χ2n) is 6.02. The van der Waals surface area contributed by atoms with E-state index in [1.165, 1.54) is 24.3 Å². The van der Waals surface area contributed by atoms with Gasteiger partial charge in [-0.1, -0.05) is 18.2 Å². The summed E-state index contributed by atoms with van der Waals surface area (Å²) in [5.74, 6) is -1.62. The molecule has 2 rings (SSSR count). The minimum atomic E-state index is -3.94. The van der Waals surface area contributed by atoms with Crippen LogP contribution in [0.2, 0.25) is 0 Å². The van der Waals surface area contributed by atoms with Gasteiger partial charge in [0, 0.05) is 5.69 Å². The van der Waals surface area contributed by atoms with E-state index in [4.69, 9.17) is 0 Å². The Kier molecular flexibility index (Phi) is 4.66. The van der Waals surface area contributed by atoms with Gasteiger partial charge >= 0.3 is 5.97 Å². The molecule has 0 atom stereocenters. The van der Waals surface area contributed by atoms with Crippen molar-refractivity contribution in [1.29, 1.82) is 0 Å². The highest BCUT2D eigenvalue weighted by molar-refractivity contribution is 7.92. The quantitative estimate of drug-likeness (QED) is 0.866. The van der Waals surface area contributed by atoms with E-state index < -0.39 is 27.2 Å². The predicted octanol–water partition coefficient (Wildman–Crippen LogP) is 3.30. The molecule has 7 heteroatoms. The lowest BCUT2D eigenvalue weighted by Crippen LogP contribution is -2.28. The summed E-state index contributed by atoms with van der Waals surface area (Å²) in [6, 6.07) is 9.59. The van der Waals surface area contributed by atoms with Gasteiger partial charge in [0.1, 0.15) is 5.82 Å². The summed E-state index contributed by atoms with van der Waals surface area (Å²) in [5.41, 5.74) is 0.146. The Bertz CT molecular complexity index is 874. The summed E-state index contributed by atoms with van der Waals surface area (Å²) in [6.45, 7) is 4.70. The molecule has 0 aromatic heterocycles. The Morgan fingerprint density at radius 3 is 2.25 bits per heavy atom. The summed E-state index contributed by atoms with van der Waals surface area (Å²) in [6.07, 6.45) is 0. The summed E-state index contributed by atoms with van der Waals surface area (Å²) in [7, 11) is -3.94. The van der Waals surface area contributed by atoms with Crippen molar-refractivity contribution < 1.29 is 22.7 Å². The van der Waals surface area contributed by atoms with Gasteiger partial charge in [-0.05, 0) is 56.2 Å². The molecule has 2 aromatic carbocycles. The van der Waals surface area contributed by atoms with Crippen molar-refractivity contribution in [3.63, 3.8) is 0 Å². The molecule has 0 unspecified atom stereocenters. The minimum Gasteiger partial charge on any atom is -0.481 e. The molecule has 0 saturated heterocycles. The van der Waals surface area contributed by atoms with Gasteiger partial charge < -0.3 is 5.11 Å². The zero-order chi connectivity index (χ0) is 18.1. The first-order chi connectivity index (χ1) is 11.0. The molecule has 0 amide bonds. The maximum Gasteiger partial charge on any atom is 0.313 e. The predicted molar refractivity (Wildman–Crippen MR) is 89.0 cm³/mol. The average Bonchev–Trinajstić information content (AvgIpc) is 2.49. The highest BCUT2D eigenvalue weighted by Gasteiger charge is 2.29. The van der Waals surface area contributed by atoms with Crippen molar-refractivity contribution in [2.24, 2.45) is 0 Å². The fraction of sp³-hybridized carbons (Fsp3) is 0.235. The van der Waals surface area contributed by atoms with Crippen LogP contribution in [0.25, 0.3) is 0 Å². The van der Waals surface area contributed by atoms with E-state index in [0.29, 0.717) is 11.1 Å². The summed E-state index contributed by atoms with van der Waals surface area (Å²) >= 11 is 0.